The normalized spacial score (nSPS) is 12.7. The molecule has 0 aliphatic rings. The molecule has 1 atom stereocenters. The number of esters is 3. The number of unbranched alkanes of at least 4 members (excludes halogenated alkanes) is 31. The number of allylic oxidation sites excluding steroid dienone is 16. The summed E-state index contributed by atoms with van der Waals surface area (Å²) in [6, 6.07) is 0. The molecule has 0 amide bonds. The van der Waals surface area contributed by atoms with Gasteiger partial charge in [-0.25, -0.2) is 0 Å². The van der Waals surface area contributed by atoms with Crippen molar-refractivity contribution in [1.82, 2.24) is 0 Å². The summed E-state index contributed by atoms with van der Waals surface area (Å²) >= 11 is 0. The van der Waals surface area contributed by atoms with Gasteiger partial charge in [0.15, 0.2) is 6.10 Å². The Bertz CT molecular complexity index is 1490. The van der Waals surface area contributed by atoms with Crippen LogP contribution in [0.25, 0.3) is 0 Å². The topological polar surface area (TPSA) is 78.9 Å². The summed E-state index contributed by atoms with van der Waals surface area (Å²) in [7, 11) is 0. The third-order valence-electron chi connectivity index (χ3n) is 13.9. The average Bonchev–Trinajstić information content (AvgIpc) is 3.42. The molecular weight excluding hydrogens is 937 g/mol. The van der Waals surface area contributed by atoms with Gasteiger partial charge in [0.2, 0.25) is 0 Å². The van der Waals surface area contributed by atoms with E-state index in [4.69, 9.17) is 14.2 Å². The lowest BCUT2D eigenvalue weighted by Crippen LogP contribution is -2.30. The highest BCUT2D eigenvalue weighted by atomic mass is 16.6. The molecule has 0 saturated carbocycles. The van der Waals surface area contributed by atoms with Crippen molar-refractivity contribution in [3.63, 3.8) is 0 Å². The fourth-order valence-corrected chi connectivity index (χ4v) is 9.05. The zero-order valence-electron chi connectivity index (χ0n) is 50.0. The summed E-state index contributed by atoms with van der Waals surface area (Å²) in [6.07, 6.45) is 86.0. The minimum absolute atomic E-state index is 0.0745. The van der Waals surface area contributed by atoms with Gasteiger partial charge < -0.3 is 14.2 Å². The molecule has 0 aliphatic heterocycles. The van der Waals surface area contributed by atoms with Crippen LogP contribution in [0.1, 0.15) is 310 Å². The first-order chi connectivity index (χ1) is 37.5. The van der Waals surface area contributed by atoms with Crippen molar-refractivity contribution in [3.05, 3.63) is 97.2 Å². The number of rotatable bonds is 58. The van der Waals surface area contributed by atoms with E-state index in [1.165, 1.54) is 161 Å². The van der Waals surface area contributed by atoms with Crippen LogP contribution >= 0.6 is 0 Å². The summed E-state index contributed by atoms with van der Waals surface area (Å²) in [6.45, 7) is 6.49. The molecule has 0 heterocycles. The van der Waals surface area contributed by atoms with Crippen molar-refractivity contribution >= 4 is 17.9 Å². The van der Waals surface area contributed by atoms with Gasteiger partial charge >= 0.3 is 17.9 Å². The Morgan fingerprint density at radius 3 is 0.803 bits per heavy atom. The second-order valence-electron chi connectivity index (χ2n) is 21.3. The highest BCUT2D eigenvalue weighted by Crippen LogP contribution is 2.17. The fourth-order valence-electron chi connectivity index (χ4n) is 9.05. The van der Waals surface area contributed by atoms with Crippen molar-refractivity contribution in [1.29, 1.82) is 0 Å². The van der Waals surface area contributed by atoms with Gasteiger partial charge in [0.25, 0.3) is 0 Å². The van der Waals surface area contributed by atoms with E-state index < -0.39 is 6.10 Å². The highest BCUT2D eigenvalue weighted by Gasteiger charge is 2.19. The Kier molecular flexibility index (Phi) is 60.8. The Morgan fingerprint density at radius 1 is 0.276 bits per heavy atom. The largest absolute Gasteiger partial charge is 0.462 e. The summed E-state index contributed by atoms with van der Waals surface area (Å²) in [5, 5.41) is 0. The lowest BCUT2D eigenvalue weighted by molar-refractivity contribution is -0.167. The molecule has 0 bridgehead atoms. The van der Waals surface area contributed by atoms with Crippen LogP contribution in [0.5, 0.6) is 0 Å². The molecular formula is C70H120O6. The van der Waals surface area contributed by atoms with Crippen LogP contribution in [0.4, 0.5) is 0 Å². The molecule has 0 radical (unpaired) electrons. The number of carbonyl (C=O) groups is 3. The SMILES string of the molecule is CC/C=C\C/C=C\C/C=C\C/C=C\C/C=C\C/C=C\C/C=C\C/C=C\CCCCCCCCCCCCC(=O)OCC(COC(=O)CCCCCCCC)OC(=O)CCCCCCCCCCCCCCCCCCC. The second-order valence-corrected chi connectivity index (χ2v) is 21.3. The van der Waals surface area contributed by atoms with Gasteiger partial charge in [0.1, 0.15) is 13.2 Å². The van der Waals surface area contributed by atoms with Crippen LogP contribution in [0.15, 0.2) is 97.2 Å². The van der Waals surface area contributed by atoms with E-state index in [0.717, 1.165) is 109 Å². The molecule has 0 saturated heterocycles. The molecule has 1 unspecified atom stereocenters. The van der Waals surface area contributed by atoms with E-state index in [0.29, 0.717) is 19.3 Å². The maximum Gasteiger partial charge on any atom is 0.306 e. The van der Waals surface area contributed by atoms with Gasteiger partial charge in [-0.2, -0.15) is 0 Å². The zero-order valence-corrected chi connectivity index (χ0v) is 50.0. The van der Waals surface area contributed by atoms with Crippen LogP contribution < -0.4 is 0 Å². The van der Waals surface area contributed by atoms with Gasteiger partial charge in [0.05, 0.1) is 0 Å². The lowest BCUT2D eigenvalue weighted by Gasteiger charge is -2.18. The third kappa shape index (κ3) is 61.2. The molecule has 0 aromatic rings. The number of carbonyl (C=O) groups excluding carboxylic acids is 3. The maximum atomic E-state index is 12.8. The second kappa shape index (κ2) is 63.9. The van der Waals surface area contributed by atoms with Crippen molar-refractivity contribution < 1.29 is 28.6 Å². The minimum Gasteiger partial charge on any atom is -0.462 e. The predicted octanol–water partition coefficient (Wildman–Crippen LogP) is 22.0. The van der Waals surface area contributed by atoms with Crippen LogP contribution in [0, 0.1) is 0 Å². The number of hydrogen-bond donors (Lipinski definition) is 0. The number of ether oxygens (including phenoxy) is 3. The predicted molar refractivity (Wildman–Crippen MR) is 330 cm³/mol. The molecule has 0 fully saturated rings. The van der Waals surface area contributed by atoms with Gasteiger partial charge in [-0.3, -0.25) is 14.4 Å². The summed E-state index contributed by atoms with van der Waals surface area (Å²) in [5.41, 5.74) is 0. The van der Waals surface area contributed by atoms with Crippen molar-refractivity contribution in [2.24, 2.45) is 0 Å². The fraction of sp³-hybridized carbons (Fsp3) is 0.729. The lowest BCUT2D eigenvalue weighted by atomic mass is 10.0. The zero-order chi connectivity index (χ0) is 55.0. The Morgan fingerprint density at radius 2 is 0.513 bits per heavy atom. The van der Waals surface area contributed by atoms with Crippen molar-refractivity contribution in [3.8, 4) is 0 Å². The first-order valence-corrected chi connectivity index (χ1v) is 32.2. The summed E-state index contributed by atoms with van der Waals surface area (Å²) in [4.78, 5) is 38.0. The molecule has 0 aromatic heterocycles. The van der Waals surface area contributed by atoms with Gasteiger partial charge in [0, 0.05) is 19.3 Å². The quantitative estimate of drug-likeness (QED) is 0.0261. The van der Waals surface area contributed by atoms with E-state index in [1.807, 2.05) is 0 Å². The van der Waals surface area contributed by atoms with E-state index in [-0.39, 0.29) is 31.1 Å². The molecule has 6 heteroatoms. The summed E-state index contributed by atoms with van der Waals surface area (Å²) < 4.78 is 16.8. The minimum atomic E-state index is -0.773. The first kappa shape index (κ1) is 72.3. The first-order valence-electron chi connectivity index (χ1n) is 32.2. The Balaban J connectivity index is 4.04. The molecule has 6 nitrogen and oxygen atoms in total. The van der Waals surface area contributed by atoms with E-state index in [2.05, 4.69) is 118 Å². The van der Waals surface area contributed by atoms with E-state index in [1.54, 1.807) is 0 Å². The molecule has 0 N–H and O–H groups in total. The third-order valence-corrected chi connectivity index (χ3v) is 13.9. The average molecular weight is 1060 g/mol. The molecule has 436 valence electrons. The number of hydrogen-bond acceptors (Lipinski definition) is 6. The molecule has 0 aromatic carbocycles. The van der Waals surface area contributed by atoms with Gasteiger partial charge in [-0.05, 0) is 83.5 Å². The summed E-state index contributed by atoms with van der Waals surface area (Å²) in [5.74, 6) is -0.878. The maximum absolute atomic E-state index is 12.8. The van der Waals surface area contributed by atoms with Gasteiger partial charge in [-0.15, -0.1) is 0 Å². The van der Waals surface area contributed by atoms with E-state index in [9.17, 15) is 14.4 Å². The van der Waals surface area contributed by atoms with Crippen LogP contribution in [0.2, 0.25) is 0 Å². The molecule has 76 heavy (non-hydrogen) atoms. The van der Waals surface area contributed by atoms with Gasteiger partial charge in [-0.1, -0.05) is 304 Å². The molecule has 0 aliphatic carbocycles. The van der Waals surface area contributed by atoms with Crippen LogP contribution in [0.3, 0.4) is 0 Å². The monoisotopic (exact) mass is 1060 g/mol. The van der Waals surface area contributed by atoms with Crippen LogP contribution in [-0.2, 0) is 28.6 Å². The highest BCUT2D eigenvalue weighted by molar-refractivity contribution is 5.71. The molecule has 0 spiro atoms. The van der Waals surface area contributed by atoms with Crippen LogP contribution in [-0.4, -0.2) is 37.2 Å². The van der Waals surface area contributed by atoms with Crippen molar-refractivity contribution in [2.45, 2.75) is 316 Å². The van der Waals surface area contributed by atoms with Crippen molar-refractivity contribution in [2.75, 3.05) is 13.2 Å². The standard InChI is InChI=1S/C70H120O6/c1-4-7-10-13-16-18-20-22-24-26-27-28-29-30-31-32-33-34-35-36-37-38-39-40-41-42-43-45-46-48-50-52-54-57-60-63-69(72)75-66-67(65-74-68(71)62-59-56-15-12-9-6-3)76-70(73)64-61-58-55-53-51-49-47-44-25-23-21-19-17-14-11-8-5-2/h7,10,16,18,22,24,27-28,30-31,33-34,36-37,39-40,67H,4-6,8-9,11-15,17,19-21,23,25-26,29,32,35,38,41-66H2,1-3H3/b10-7-,18-16-,24-22-,28-27-,31-30-,34-33-,37-36-,40-39-. The Labute approximate surface area is 470 Å². The Hall–Kier alpha value is -3.67. The molecule has 0 rings (SSSR count). The smallest absolute Gasteiger partial charge is 0.306 e. The van der Waals surface area contributed by atoms with E-state index >= 15 is 0 Å².